The first-order valence-electron chi connectivity index (χ1n) is 3.60. The summed E-state index contributed by atoms with van der Waals surface area (Å²) < 4.78 is 0. The van der Waals surface area contributed by atoms with Gasteiger partial charge in [0, 0.05) is 6.04 Å². The van der Waals surface area contributed by atoms with Crippen molar-refractivity contribution in [3.05, 3.63) is 0 Å². The van der Waals surface area contributed by atoms with Crippen molar-refractivity contribution in [2.75, 3.05) is 0 Å². The summed E-state index contributed by atoms with van der Waals surface area (Å²) in [5.74, 6) is 0.843. The van der Waals surface area contributed by atoms with Crippen molar-refractivity contribution >= 4 is 0 Å². The largest absolute Gasteiger partial charge is 0.327 e. The average Bonchev–Trinajstić information content (AvgIpc) is 2.14. The highest BCUT2D eigenvalue weighted by Crippen LogP contribution is 2.25. The summed E-state index contributed by atoms with van der Waals surface area (Å²) in [5.41, 5.74) is 5.79. The summed E-state index contributed by atoms with van der Waals surface area (Å²) in [4.78, 5) is 0. The molecule has 0 aromatic heterocycles. The standard InChI is InChI=1S/C7H15N/c1-2-6-4-3-5-7(6)8/h6-7H,2-5,8H2,1H3/t6-,7-/m1/s1. The summed E-state index contributed by atoms with van der Waals surface area (Å²) in [6, 6.07) is 0.528. The normalized spacial score (nSPS) is 38.2. The number of rotatable bonds is 1. The Bertz CT molecular complexity index is 70.8. The van der Waals surface area contributed by atoms with Crippen molar-refractivity contribution in [1.29, 1.82) is 0 Å². The molecular weight excluding hydrogens is 98.1 g/mol. The van der Waals surface area contributed by atoms with Crippen molar-refractivity contribution in [3.8, 4) is 0 Å². The van der Waals surface area contributed by atoms with E-state index in [0.29, 0.717) is 6.04 Å². The first kappa shape index (κ1) is 6.09. The van der Waals surface area contributed by atoms with Crippen LogP contribution in [0.1, 0.15) is 32.6 Å². The van der Waals surface area contributed by atoms with E-state index in [2.05, 4.69) is 6.92 Å². The Balaban J connectivity index is 2.30. The predicted molar refractivity (Wildman–Crippen MR) is 35.6 cm³/mol. The van der Waals surface area contributed by atoms with Gasteiger partial charge in [-0.1, -0.05) is 19.8 Å². The van der Waals surface area contributed by atoms with Crippen LogP contribution in [-0.4, -0.2) is 6.04 Å². The molecule has 0 spiro atoms. The fourth-order valence-corrected chi connectivity index (χ4v) is 1.57. The molecule has 1 heteroatoms. The van der Waals surface area contributed by atoms with E-state index >= 15 is 0 Å². The van der Waals surface area contributed by atoms with Gasteiger partial charge in [0.05, 0.1) is 0 Å². The quantitative estimate of drug-likeness (QED) is 0.548. The molecule has 48 valence electrons. The van der Waals surface area contributed by atoms with E-state index in [1.54, 1.807) is 0 Å². The topological polar surface area (TPSA) is 26.0 Å². The number of hydrogen-bond donors (Lipinski definition) is 1. The lowest BCUT2D eigenvalue weighted by atomic mass is 10.0. The maximum Gasteiger partial charge on any atom is 0.00670 e. The number of nitrogens with two attached hydrogens (primary N) is 1. The molecule has 0 amide bonds. The van der Waals surface area contributed by atoms with E-state index < -0.39 is 0 Å². The van der Waals surface area contributed by atoms with Crippen LogP contribution in [-0.2, 0) is 0 Å². The molecule has 0 heterocycles. The SMILES string of the molecule is CC[C@@H]1CCC[C@H]1N. The maximum absolute atomic E-state index is 5.79. The van der Waals surface area contributed by atoms with E-state index in [1.165, 1.54) is 25.7 Å². The van der Waals surface area contributed by atoms with Gasteiger partial charge in [0.2, 0.25) is 0 Å². The molecule has 1 rings (SSSR count). The minimum atomic E-state index is 0.528. The van der Waals surface area contributed by atoms with Crippen molar-refractivity contribution in [1.82, 2.24) is 0 Å². The molecule has 2 atom stereocenters. The van der Waals surface area contributed by atoms with Gasteiger partial charge in [-0.2, -0.15) is 0 Å². The molecule has 1 saturated carbocycles. The minimum Gasteiger partial charge on any atom is -0.327 e. The molecule has 0 radical (unpaired) electrons. The zero-order valence-electron chi connectivity index (χ0n) is 5.56. The van der Waals surface area contributed by atoms with E-state index in [1.807, 2.05) is 0 Å². The molecule has 0 aromatic carbocycles. The summed E-state index contributed by atoms with van der Waals surface area (Å²) in [6.07, 6.45) is 5.27. The van der Waals surface area contributed by atoms with Crippen LogP contribution >= 0.6 is 0 Å². The minimum absolute atomic E-state index is 0.528. The third-order valence-electron chi connectivity index (χ3n) is 2.24. The molecule has 8 heavy (non-hydrogen) atoms. The van der Waals surface area contributed by atoms with E-state index in [0.717, 1.165) is 5.92 Å². The van der Waals surface area contributed by atoms with Gasteiger partial charge in [-0.05, 0) is 18.8 Å². The Kier molecular flexibility index (Phi) is 1.90. The fourth-order valence-electron chi connectivity index (χ4n) is 1.57. The van der Waals surface area contributed by atoms with E-state index in [-0.39, 0.29) is 0 Å². The zero-order chi connectivity index (χ0) is 5.98. The van der Waals surface area contributed by atoms with E-state index in [4.69, 9.17) is 5.73 Å². The molecule has 0 saturated heterocycles. The van der Waals surface area contributed by atoms with Crippen molar-refractivity contribution < 1.29 is 0 Å². The van der Waals surface area contributed by atoms with Crippen molar-refractivity contribution in [2.45, 2.75) is 38.6 Å². The molecule has 1 aliphatic carbocycles. The molecule has 0 bridgehead atoms. The lowest BCUT2D eigenvalue weighted by molar-refractivity contribution is 0.467. The molecule has 0 aliphatic heterocycles. The zero-order valence-corrected chi connectivity index (χ0v) is 5.56. The molecule has 2 N–H and O–H groups in total. The van der Waals surface area contributed by atoms with Gasteiger partial charge in [0.1, 0.15) is 0 Å². The molecule has 1 aliphatic rings. The maximum atomic E-state index is 5.79. The average molecular weight is 113 g/mol. The Hall–Kier alpha value is -0.0400. The summed E-state index contributed by atoms with van der Waals surface area (Å²) in [5, 5.41) is 0. The Morgan fingerprint density at radius 1 is 1.50 bits per heavy atom. The van der Waals surface area contributed by atoms with Gasteiger partial charge in [-0.25, -0.2) is 0 Å². The summed E-state index contributed by atoms with van der Waals surface area (Å²) >= 11 is 0. The molecular formula is C7H15N. The lowest BCUT2D eigenvalue weighted by Gasteiger charge is -2.10. The van der Waals surface area contributed by atoms with Crippen LogP contribution in [0.2, 0.25) is 0 Å². The van der Waals surface area contributed by atoms with Gasteiger partial charge >= 0.3 is 0 Å². The molecule has 1 fully saturated rings. The smallest absolute Gasteiger partial charge is 0.00670 e. The first-order chi connectivity index (χ1) is 3.84. The summed E-state index contributed by atoms with van der Waals surface area (Å²) in [7, 11) is 0. The second-order valence-corrected chi connectivity index (χ2v) is 2.76. The van der Waals surface area contributed by atoms with Crippen molar-refractivity contribution in [3.63, 3.8) is 0 Å². The Morgan fingerprint density at radius 2 is 2.25 bits per heavy atom. The van der Waals surface area contributed by atoms with Gasteiger partial charge in [0.15, 0.2) is 0 Å². The Morgan fingerprint density at radius 3 is 2.50 bits per heavy atom. The molecule has 1 nitrogen and oxygen atoms in total. The van der Waals surface area contributed by atoms with Crippen LogP contribution in [0.3, 0.4) is 0 Å². The van der Waals surface area contributed by atoms with Crippen LogP contribution in [0, 0.1) is 5.92 Å². The second kappa shape index (κ2) is 2.49. The van der Waals surface area contributed by atoms with E-state index in [9.17, 15) is 0 Å². The van der Waals surface area contributed by atoms with Gasteiger partial charge in [-0.3, -0.25) is 0 Å². The first-order valence-corrected chi connectivity index (χ1v) is 3.60. The molecule has 0 aromatic rings. The lowest BCUT2D eigenvalue weighted by Crippen LogP contribution is -2.23. The second-order valence-electron chi connectivity index (χ2n) is 2.76. The highest BCUT2D eigenvalue weighted by atomic mass is 14.7. The van der Waals surface area contributed by atoms with Gasteiger partial charge in [-0.15, -0.1) is 0 Å². The highest BCUT2D eigenvalue weighted by Gasteiger charge is 2.21. The van der Waals surface area contributed by atoms with Crippen molar-refractivity contribution in [2.24, 2.45) is 11.7 Å². The van der Waals surface area contributed by atoms with Crippen LogP contribution in [0.25, 0.3) is 0 Å². The van der Waals surface area contributed by atoms with Crippen LogP contribution in [0.5, 0.6) is 0 Å². The number of hydrogen-bond acceptors (Lipinski definition) is 1. The van der Waals surface area contributed by atoms with Crippen LogP contribution in [0.15, 0.2) is 0 Å². The predicted octanol–water partition coefficient (Wildman–Crippen LogP) is 1.52. The van der Waals surface area contributed by atoms with Gasteiger partial charge in [0.25, 0.3) is 0 Å². The third-order valence-corrected chi connectivity index (χ3v) is 2.24. The summed E-state index contributed by atoms with van der Waals surface area (Å²) in [6.45, 7) is 2.23. The molecule has 0 unspecified atom stereocenters. The van der Waals surface area contributed by atoms with Crippen LogP contribution < -0.4 is 5.73 Å². The van der Waals surface area contributed by atoms with Crippen LogP contribution in [0.4, 0.5) is 0 Å². The Labute approximate surface area is 51.3 Å². The third kappa shape index (κ3) is 1.03. The van der Waals surface area contributed by atoms with Gasteiger partial charge < -0.3 is 5.73 Å². The fraction of sp³-hybridized carbons (Fsp3) is 1.00. The highest BCUT2D eigenvalue weighted by molar-refractivity contribution is 4.78. The monoisotopic (exact) mass is 113 g/mol.